The van der Waals surface area contributed by atoms with Crippen LogP contribution in [0.2, 0.25) is 0 Å². The topological polar surface area (TPSA) is 95.9 Å². The van der Waals surface area contributed by atoms with Crippen molar-refractivity contribution in [1.82, 2.24) is 10.2 Å². The largest absolute Gasteiger partial charge is 0.480 e. The fourth-order valence-electron chi connectivity index (χ4n) is 5.02. The number of rotatable bonds is 6. The van der Waals surface area contributed by atoms with Crippen molar-refractivity contribution in [2.24, 2.45) is 5.41 Å². The molecule has 0 radical (unpaired) electrons. The summed E-state index contributed by atoms with van der Waals surface area (Å²) in [6, 6.07) is 15.4. The summed E-state index contributed by atoms with van der Waals surface area (Å²) in [6.07, 6.45) is 2.35. The van der Waals surface area contributed by atoms with Crippen LogP contribution in [0.25, 0.3) is 11.1 Å². The molecule has 1 saturated heterocycles. The Morgan fingerprint density at radius 3 is 2.24 bits per heavy atom. The predicted octanol–water partition coefficient (Wildman–Crippen LogP) is 4.41. The molecule has 7 heteroatoms. The summed E-state index contributed by atoms with van der Waals surface area (Å²) in [7, 11) is 0. The van der Waals surface area contributed by atoms with E-state index in [1.807, 2.05) is 24.3 Å². The molecular weight excluding hydrogens is 432 g/mol. The number of fused-ring (bicyclic) bond motifs is 3. The normalized spacial score (nSPS) is 17.9. The summed E-state index contributed by atoms with van der Waals surface area (Å²) >= 11 is 0. The van der Waals surface area contributed by atoms with Gasteiger partial charge >= 0.3 is 12.1 Å². The smallest absolute Gasteiger partial charge is 0.407 e. The molecule has 2 aromatic carbocycles. The number of carboxylic acid groups (broad SMARTS) is 1. The van der Waals surface area contributed by atoms with E-state index in [1.54, 1.807) is 13.8 Å². The average molecular weight is 465 g/mol. The number of hydrogen-bond donors (Lipinski definition) is 2. The van der Waals surface area contributed by atoms with Crippen LogP contribution >= 0.6 is 0 Å². The van der Waals surface area contributed by atoms with Gasteiger partial charge < -0.3 is 20.1 Å². The highest BCUT2D eigenvalue weighted by Gasteiger charge is 2.39. The number of hydrogen-bond acceptors (Lipinski definition) is 4. The Balaban J connectivity index is 1.36. The first-order valence-corrected chi connectivity index (χ1v) is 11.9. The van der Waals surface area contributed by atoms with Crippen LogP contribution < -0.4 is 5.32 Å². The number of carboxylic acids is 1. The highest BCUT2D eigenvalue weighted by Crippen LogP contribution is 2.44. The average Bonchev–Trinajstić information content (AvgIpc) is 2.96. The lowest BCUT2D eigenvalue weighted by atomic mass is 9.90. The Morgan fingerprint density at radius 2 is 1.62 bits per heavy atom. The maximum atomic E-state index is 13.2. The van der Waals surface area contributed by atoms with Crippen LogP contribution in [0, 0.1) is 5.41 Å². The molecule has 2 aliphatic rings. The Hall–Kier alpha value is -3.35. The van der Waals surface area contributed by atoms with E-state index >= 15 is 0 Å². The zero-order valence-corrected chi connectivity index (χ0v) is 19.8. The van der Waals surface area contributed by atoms with Crippen molar-refractivity contribution in [3.05, 3.63) is 59.7 Å². The van der Waals surface area contributed by atoms with Crippen LogP contribution in [0.5, 0.6) is 0 Å². The van der Waals surface area contributed by atoms with Gasteiger partial charge in [-0.15, -0.1) is 0 Å². The minimum atomic E-state index is -0.976. The molecule has 0 bridgehead atoms. The first-order chi connectivity index (χ1) is 16.3. The lowest BCUT2D eigenvalue weighted by Gasteiger charge is -2.34. The molecule has 1 aliphatic carbocycles. The molecule has 0 spiro atoms. The lowest BCUT2D eigenvalue weighted by molar-refractivity contribution is -0.154. The number of carbonyl (C=O) groups excluding carboxylic acids is 2. The molecular formula is C27H32N2O5. The molecule has 1 heterocycles. The minimum absolute atomic E-state index is 0.0405. The van der Waals surface area contributed by atoms with Crippen LogP contribution in [0.4, 0.5) is 4.79 Å². The first kappa shape index (κ1) is 23.8. The predicted molar refractivity (Wildman–Crippen MR) is 128 cm³/mol. The molecule has 34 heavy (non-hydrogen) atoms. The van der Waals surface area contributed by atoms with Crippen molar-refractivity contribution in [3.63, 3.8) is 0 Å². The van der Waals surface area contributed by atoms with Gasteiger partial charge in [0.25, 0.3) is 0 Å². The Bertz CT molecular complexity index is 1030. The van der Waals surface area contributed by atoms with Crippen LogP contribution in [-0.2, 0) is 14.3 Å². The molecule has 2 aromatic rings. The fourth-order valence-corrected chi connectivity index (χ4v) is 5.02. The second kappa shape index (κ2) is 9.87. The molecule has 1 atom stereocenters. The fraction of sp³-hybridized carbons (Fsp3) is 0.444. The number of carbonyl (C=O) groups is 3. The highest BCUT2D eigenvalue weighted by molar-refractivity contribution is 5.87. The van der Waals surface area contributed by atoms with Gasteiger partial charge in [-0.05, 0) is 48.9 Å². The minimum Gasteiger partial charge on any atom is -0.480 e. The molecule has 180 valence electrons. The van der Waals surface area contributed by atoms with E-state index in [0.717, 1.165) is 41.5 Å². The van der Waals surface area contributed by atoms with E-state index in [-0.39, 0.29) is 25.0 Å². The molecule has 1 unspecified atom stereocenters. The van der Waals surface area contributed by atoms with E-state index in [2.05, 4.69) is 29.6 Å². The number of ether oxygens (including phenoxy) is 1. The van der Waals surface area contributed by atoms with Crippen molar-refractivity contribution >= 4 is 18.0 Å². The molecule has 1 fully saturated rings. The van der Waals surface area contributed by atoms with Gasteiger partial charge in [0.15, 0.2) is 0 Å². The Labute approximate surface area is 200 Å². The van der Waals surface area contributed by atoms with Gasteiger partial charge in [0.1, 0.15) is 12.6 Å². The van der Waals surface area contributed by atoms with E-state index in [0.29, 0.717) is 13.0 Å². The maximum Gasteiger partial charge on any atom is 0.407 e. The number of nitrogens with one attached hydrogen (secondary N) is 1. The zero-order chi connectivity index (χ0) is 24.3. The first-order valence-electron chi connectivity index (χ1n) is 11.9. The summed E-state index contributed by atoms with van der Waals surface area (Å²) < 4.78 is 5.57. The Morgan fingerprint density at radius 1 is 1.00 bits per heavy atom. The molecule has 2 N–H and O–H groups in total. The third-order valence-corrected chi connectivity index (χ3v) is 6.90. The summed E-state index contributed by atoms with van der Waals surface area (Å²) in [5, 5.41) is 12.3. The molecule has 2 amide bonds. The standard InChI is InChI=1S/C27H32N2O5/c1-27(2,25(32)29-15-9-3-4-14-23(29)24(30)31)17-28-26(33)34-16-22-20-12-7-5-10-18(20)19-11-6-8-13-21(19)22/h5-8,10-13,22-23H,3-4,9,14-17H2,1-2H3,(H,28,33)(H,30,31). The van der Waals surface area contributed by atoms with Crippen molar-refractivity contribution in [2.75, 3.05) is 19.7 Å². The molecule has 0 saturated carbocycles. The van der Waals surface area contributed by atoms with Crippen LogP contribution in [0.1, 0.15) is 56.6 Å². The van der Waals surface area contributed by atoms with E-state index in [9.17, 15) is 19.5 Å². The third kappa shape index (κ3) is 4.79. The highest BCUT2D eigenvalue weighted by atomic mass is 16.5. The van der Waals surface area contributed by atoms with Crippen LogP contribution in [0.3, 0.4) is 0 Å². The zero-order valence-electron chi connectivity index (χ0n) is 19.8. The number of amides is 2. The van der Waals surface area contributed by atoms with Gasteiger partial charge in [-0.25, -0.2) is 9.59 Å². The monoisotopic (exact) mass is 464 g/mol. The second-order valence-corrected chi connectivity index (χ2v) is 9.76. The van der Waals surface area contributed by atoms with E-state index in [1.165, 1.54) is 4.90 Å². The summed E-state index contributed by atoms with van der Waals surface area (Å²) in [6.45, 7) is 4.13. The van der Waals surface area contributed by atoms with Gasteiger partial charge in [-0.1, -0.05) is 61.4 Å². The SMILES string of the molecule is CC(C)(CNC(=O)OCC1c2ccccc2-c2ccccc21)C(=O)N1CCCCCC1C(=O)O. The molecule has 4 rings (SSSR count). The Kier molecular flexibility index (Phi) is 6.91. The summed E-state index contributed by atoms with van der Waals surface area (Å²) in [5.74, 6) is -1.28. The van der Waals surface area contributed by atoms with Gasteiger partial charge in [0, 0.05) is 19.0 Å². The van der Waals surface area contributed by atoms with Crippen molar-refractivity contribution in [1.29, 1.82) is 0 Å². The third-order valence-electron chi connectivity index (χ3n) is 6.90. The molecule has 0 aromatic heterocycles. The van der Waals surface area contributed by atoms with Crippen molar-refractivity contribution in [2.45, 2.75) is 51.5 Å². The van der Waals surface area contributed by atoms with Crippen molar-refractivity contribution in [3.8, 4) is 11.1 Å². The van der Waals surface area contributed by atoms with Gasteiger partial charge in [-0.3, -0.25) is 4.79 Å². The van der Waals surface area contributed by atoms with Gasteiger partial charge in [0.2, 0.25) is 5.91 Å². The maximum absolute atomic E-state index is 13.2. The molecule has 7 nitrogen and oxygen atoms in total. The van der Waals surface area contributed by atoms with Crippen molar-refractivity contribution < 1.29 is 24.2 Å². The quantitative estimate of drug-likeness (QED) is 0.660. The number of nitrogens with zero attached hydrogens (tertiary/aromatic N) is 1. The second-order valence-electron chi connectivity index (χ2n) is 9.76. The van der Waals surface area contributed by atoms with Gasteiger partial charge in [-0.2, -0.15) is 0 Å². The summed E-state index contributed by atoms with van der Waals surface area (Å²) in [5.41, 5.74) is 3.62. The number of likely N-dealkylation sites (tertiary alicyclic amines) is 1. The molecule has 1 aliphatic heterocycles. The number of benzene rings is 2. The number of aliphatic carboxylic acids is 1. The number of alkyl carbamates (subject to hydrolysis) is 1. The van der Waals surface area contributed by atoms with Crippen LogP contribution in [0.15, 0.2) is 48.5 Å². The van der Waals surface area contributed by atoms with Gasteiger partial charge in [0.05, 0.1) is 5.41 Å². The van der Waals surface area contributed by atoms with Crippen LogP contribution in [-0.4, -0.2) is 53.7 Å². The summed E-state index contributed by atoms with van der Waals surface area (Å²) in [4.78, 5) is 38.9. The lowest BCUT2D eigenvalue weighted by Crippen LogP contribution is -2.52. The van der Waals surface area contributed by atoms with E-state index < -0.39 is 23.5 Å². The van der Waals surface area contributed by atoms with E-state index in [4.69, 9.17) is 4.74 Å².